The molecule has 0 unspecified atom stereocenters. The van der Waals surface area contributed by atoms with E-state index in [0.29, 0.717) is 41.7 Å². The Morgan fingerprint density at radius 2 is 1.23 bits per heavy atom. The Hall–Kier alpha value is -6.23. The predicted octanol–water partition coefficient (Wildman–Crippen LogP) is 5.96. The molecule has 0 aliphatic carbocycles. The molecule has 0 radical (unpaired) electrons. The zero-order valence-electron chi connectivity index (χ0n) is 36.5. The van der Waals surface area contributed by atoms with Gasteiger partial charge >= 0.3 is 0 Å². The van der Waals surface area contributed by atoms with E-state index in [1.165, 1.54) is 88.3 Å². The molecule has 22 heteroatoms. The second-order valence-electron chi connectivity index (χ2n) is 15.8. The number of hydrogen-bond acceptors (Lipinski definition) is 19. The summed E-state index contributed by atoms with van der Waals surface area (Å²) in [5.41, 5.74) is 22.5. The van der Waals surface area contributed by atoms with E-state index < -0.39 is 15.0 Å². The summed E-state index contributed by atoms with van der Waals surface area (Å²) in [7, 11) is -3.57. The lowest BCUT2D eigenvalue weighted by atomic mass is 9.93. The molecule has 19 nitrogen and oxygen atoms in total. The Morgan fingerprint density at radius 3 is 1.80 bits per heavy atom. The first kappa shape index (κ1) is 46.3. The maximum Gasteiger partial charge on any atom is 0.259 e. The highest BCUT2D eigenvalue weighted by Crippen LogP contribution is 2.26. The lowest BCUT2D eigenvalue weighted by Gasteiger charge is -2.23. The molecule has 2 fully saturated rings. The summed E-state index contributed by atoms with van der Waals surface area (Å²) in [5.74, 6) is 8.68. The van der Waals surface area contributed by atoms with Gasteiger partial charge in [-0.05, 0) is 134 Å². The van der Waals surface area contributed by atoms with Crippen LogP contribution in [-0.2, 0) is 29.1 Å². The first-order chi connectivity index (χ1) is 32.1. The van der Waals surface area contributed by atoms with E-state index in [2.05, 4.69) is 123 Å². The smallest absolute Gasteiger partial charge is 0.259 e. The highest BCUT2D eigenvalue weighted by atomic mass is 32.2. The van der Waals surface area contributed by atoms with E-state index in [-0.39, 0.29) is 23.5 Å². The molecule has 66 heavy (non-hydrogen) atoms. The van der Waals surface area contributed by atoms with Gasteiger partial charge in [0.05, 0.1) is 12.5 Å². The van der Waals surface area contributed by atoms with Gasteiger partial charge in [0.15, 0.2) is 11.5 Å². The van der Waals surface area contributed by atoms with Crippen LogP contribution in [0.15, 0.2) is 99.3 Å². The van der Waals surface area contributed by atoms with E-state index in [4.69, 9.17) is 26.0 Å². The number of furan rings is 2. The van der Waals surface area contributed by atoms with Gasteiger partial charge in [-0.1, -0.05) is 36.4 Å². The fraction of sp³-hybridized carbons (Fsp3) is 0.364. The summed E-state index contributed by atoms with van der Waals surface area (Å²) in [6.07, 6.45) is 12.3. The Labute approximate surface area is 390 Å². The van der Waals surface area contributed by atoms with Gasteiger partial charge in [-0.2, -0.15) is 62.5 Å². The van der Waals surface area contributed by atoms with E-state index in [9.17, 15) is 8.42 Å². The molecule has 2 saturated heterocycles. The van der Waals surface area contributed by atoms with Crippen molar-refractivity contribution in [3.05, 3.63) is 102 Å². The van der Waals surface area contributed by atoms with Crippen molar-refractivity contribution < 1.29 is 17.3 Å². The number of thioether (sulfide) groups is 2. The zero-order chi connectivity index (χ0) is 45.9. The number of nitrogens with one attached hydrogen (secondary N) is 2. The first-order valence-electron chi connectivity index (χ1n) is 21.7. The van der Waals surface area contributed by atoms with Crippen LogP contribution >= 0.6 is 23.5 Å². The number of rotatable bonds is 13. The summed E-state index contributed by atoms with van der Waals surface area (Å²) in [4.78, 5) is 24.6. The third kappa shape index (κ3) is 12.4. The van der Waals surface area contributed by atoms with E-state index in [0.717, 1.165) is 36.1 Å². The van der Waals surface area contributed by atoms with Crippen LogP contribution in [0.5, 0.6) is 0 Å². The fourth-order valence-corrected chi connectivity index (χ4v) is 10.1. The van der Waals surface area contributed by atoms with Crippen LogP contribution in [0.25, 0.3) is 34.7 Å². The van der Waals surface area contributed by atoms with E-state index in [1.807, 2.05) is 0 Å². The quantitative estimate of drug-likeness (QED) is 0.0891. The number of fused-ring (bicyclic) bond motifs is 2. The molecule has 2 aromatic carbocycles. The van der Waals surface area contributed by atoms with E-state index >= 15 is 0 Å². The molecule has 346 valence electrons. The Balaban J connectivity index is 0.000000145. The van der Waals surface area contributed by atoms with Crippen molar-refractivity contribution in [1.82, 2.24) is 49.1 Å². The van der Waals surface area contributed by atoms with E-state index in [1.54, 1.807) is 30.5 Å². The SMILES string of the molecule is CS(=O)(=O)c1nc(N)n2nc(-c3ccco3)nc2n1.NCCc1ccc(NC2CCSCC2)cc1.Nc1nc(NCCc2ccc(CC3CCSCC3)cc2)nc2nc(-c3ccco3)nn12. The Morgan fingerprint density at radius 1 is 0.682 bits per heavy atom. The summed E-state index contributed by atoms with van der Waals surface area (Å²) < 4.78 is 35.9. The lowest BCUT2D eigenvalue weighted by Crippen LogP contribution is -2.24. The molecular formula is C44H53N15O4S3. The van der Waals surface area contributed by atoms with Gasteiger partial charge in [-0.3, -0.25) is 0 Å². The average molecular weight is 952 g/mol. The molecule has 0 spiro atoms. The third-order valence-electron chi connectivity index (χ3n) is 10.8. The number of nitrogens with zero attached hydrogens (tertiary/aromatic N) is 10. The molecule has 0 amide bonds. The van der Waals surface area contributed by atoms with Crippen molar-refractivity contribution in [3.63, 3.8) is 0 Å². The molecule has 2 aliphatic rings. The van der Waals surface area contributed by atoms with Crippen LogP contribution < -0.4 is 27.8 Å². The molecule has 0 bridgehead atoms. The van der Waals surface area contributed by atoms with Gasteiger partial charge in [-0.15, -0.1) is 10.2 Å². The summed E-state index contributed by atoms with van der Waals surface area (Å²) in [6, 6.07) is 25.3. The topological polar surface area (TPSA) is 274 Å². The summed E-state index contributed by atoms with van der Waals surface area (Å²) in [5, 5.41) is 14.8. The molecule has 0 saturated carbocycles. The van der Waals surface area contributed by atoms with Crippen molar-refractivity contribution in [1.29, 1.82) is 0 Å². The van der Waals surface area contributed by atoms with Crippen LogP contribution in [0.3, 0.4) is 0 Å². The molecule has 6 aromatic heterocycles. The van der Waals surface area contributed by atoms with Gasteiger partial charge in [0.1, 0.15) is 0 Å². The van der Waals surface area contributed by atoms with Gasteiger partial charge in [0.25, 0.3) is 16.7 Å². The van der Waals surface area contributed by atoms with Crippen LogP contribution in [0, 0.1) is 5.92 Å². The molecule has 2 aliphatic heterocycles. The number of hydrogen-bond donors (Lipinski definition) is 5. The maximum absolute atomic E-state index is 11.4. The average Bonchev–Trinajstić information content (AvgIpc) is 4.17. The first-order valence-corrected chi connectivity index (χ1v) is 25.9. The number of nitrogen functional groups attached to an aromatic ring is 2. The minimum Gasteiger partial charge on any atom is -0.461 e. The minimum absolute atomic E-state index is 0.0410. The number of anilines is 4. The van der Waals surface area contributed by atoms with Gasteiger partial charge in [-0.25, -0.2) is 8.42 Å². The Kier molecular flexibility index (Phi) is 15.3. The molecule has 8 N–H and O–H groups in total. The van der Waals surface area contributed by atoms with Crippen molar-refractivity contribution >= 4 is 68.4 Å². The van der Waals surface area contributed by atoms with Gasteiger partial charge in [0.2, 0.25) is 39.3 Å². The molecule has 8 aromatic rings. The standard InChI is InChI=1S/C22H25N7OS.C13H20N2S.C9H8N6O3S/c23-20-26-21(27-22-25-19(28-29(20)22)18-2-1-11-30-18)24-10-7-15-3-5-16(6-4-15)14-17-8-12-31-13-9-17;14-8-5-11-1-3-12(4-2-11)15-13-6-9-16-10-7-13;1-19(16,17)9-12-7(10)15-8(13-9)11-6(14-15)5-3-2-4-18-5/h1-6,11,17H,7-10,12-14H2,(H3,23,24,25,26,27,28);1-4,13,15H,5-10,14H2;2-4H,1H3,(H2,10,11,12,13,14). The van der Waals surface area contributed by atoms with Crippen molar-refractivity contribution in [2.24, 2.45) is 11.7 Å². The third-order valence-corrected chi connectivity index (χ3v) is 13.8. The maximum atomic E-state index is 11.4. The van der Waals surface area contributed by atoms with Crippen molar-refractivity contribution in [2.45, 2.75) is 56.1 Å². The Bertz CT molecular complexity index is 2880. The number of benzene rings is 2. The van der Waals surface area contributed by atoms with Crippen molar-refractivity contribution in [3.8, 4) is 23.2 Å². The molecule has 8 heterocycles. The van der Waals surface area contributed by atoms with Crippen LogP contribution in [0.1, 0.15) is 42.4 Å². The molecule has 10 rings (SSSR count). The monoisotopic (exact) mass is 951 g/mol. The summed E-state index contributed by atoms with van der Waals surface area (Å²) in [6.45, 7) is 1.43. The number of nitrogens with two attached hydrogens (primary N) is 3. The van der Waals surface area contributed by atoms with Crippen molar-refractivity contribution in [2.75, 3.05) is 64.5 Å². The zero-order valence-corrected chi connectivity index (χ0v) is 38.9. The van der Waals surface area contributed by atoms with Gasteiger partial charge in [0, 0.05) is 24.5 Å². The highest BCUT2D eigenvalue weighted by Gasteiger charge is 2.19. The minimum atomic E-state index is -3.57. The largest absolute Gasteiger partial charge is 0.461 e. The summed E-state index contributed by atoms with van der Waals surface area (Å²) >= 11 is 4.15. The fourth-order valence-electron chi connectivity index (χ4n) is 7.31. The second-order valence-corrected chi connectivity index (χ2v) is 20.2. The van der Waals surface area contributed by atoms with Gasteiger partial charge < -0.3 is 36.7 Å². The molecular weight excluding hydrogens is 899 g/mol. The number of sulfone groups is 1. The predicted molar refractivity (Wildman–Crippen MR) is 260 cm³/mol. The highest BCUT2D eigenvalue weighted by molar-refractivity contribution is 7.99. The normalized spacial score (nSPS) is 14.6. The van der Waals surface area contributed by atoms with Crippen LogP contribution in [-0.4, -0.2) is 106 Å². The number of aromatic nitrogens is 10. The molecule has 0 atom stereocenters. The van der Waals surface area contributed by atoms with Crippen LogP contribution in [0.4, 0.5) is 23.5 Å². The lowest BCUT2D eigenvalue weighted by molar-refractivity contribution is 0.488. The van der Waals surface area contributed by atoms with Crippen LogP contribution in [0.2, 0.25) is 0 Å². The second kappa shape index (κ2) is 21.8.